The number of benzene rings is 1. The predicted octanol–water partition coefficient (Wildman–Crippen LogP) is 3.08. The van der Waals surface area contributed by atoms with E-state index in [4.69, 9.17) is 5.11 Å². The molecule has 1 N–H and O–H groups in total. The number of halogens is 3. The van der Waals surface area contributed by atoms with Gasteiger partial charge in [0.15, 0.2) is 0 Å². The molecule has 0 spiro atoms. The Morgan fingerprint density at radius 2 is 1.67 bits per heavy atom. The van der Waals surface area contributed by atoms with Crippen LogP contribution in [0.4, 0.5) is 18.9 Å². The molecule has 7 heteroatoms. The smallest absolute Gasteiger partial charge is 0.394 e. The minimum absolute atomic E-state index is 0.253. The molecule has 0 saturated heterocycles. The van der Waals surface area contributed by atoms with Crippen LogP contribution in [-0.2, 0) is 9.59 Å². The third kappa shape index (κ3) is 4.47. The van der Waals surface area contributed by atoms with E-state index >= 15 is 0 Å². The zero-order valence-electron chi connectivity index (χ0n) is 11.6. The molecule has 0 bridgehead atoms. The third-order valence-corrected chi connectivity index (χ3v) is 3.02. The summed E-state index contributed by atoms with van der Waals surface area (Å²) in [6, 6.07) is 7.76. The average Bonchev–Trinajstić information content (AvgIpc) is 2.34. The molecule has 0 unspecified atom stereocenters. The lowest BCUT2D eigenvalue weighted by Gasteiger charge is -2.30. The number of carbonyl (C=O) groups is 2. The summed E-state index contributed by atoms with van der Waals surface area (Å²) >= 11 is 0. The van der Waals surface area contributed by atoms with E-state index in [-0.39, 0.29) is 5.69 Å². The zero-order valence-corrected chi connectivity index (χ0v) is 11.6. The van der Waals surface area contributed by atoms with Crippen molar-refractivity contribution in [1.29, 1.82) is 0 Å². The fraction of sp³-hybridized carbons (Fsp3) is 0.429. The van der Waals surface area contributed by atoms with Gasteiger partial charge in [0.05, 0.1) is 5.41 Å². The number of anilines is 1. The number of carboxylic acids is 1. The van der Waals surface area contributed by atoms with Gasteiger partial charge in [0.2, 0.25) is 5.91 Å². The first-order valence-corrected chi connectivity index (χ1v) is 6.18. The van der Waals surface area contributed by atoms with Gasteiger partial charge in [-0.2, -0.15) is 13.2 Å². The van der Waals surface area contributed by atoms with Gasteiger partial charge in [-0.1, -0.05) is 32.0 Å². The first-order valence-electron chi connectivity index (χ1n) is 6.18. The molecule has 1 amide bonds. The summed E-state index contributed by atoms with van der Waals surface area (Å²) in [5.41, 5.74) is -1.97. The molecule has 21 heavy (non-hydrogen) atoms. The van der Waals surface area contributed by atoms with Crippen LogP contribution in [0.25, 0.3) is 0 Å². The van der Waals surface area contributed by atoms with Crippen molar-refractivity contribution in [3.05, 3.63) is 30.3 Å². The van der Waals surface area contributed by atoms with Crippen molar-refractivity contribution in [2.24, 2.45) is 5.41 Å². The Morgan fingerprint density at radius 1 is 1.14 bits per heavy atom. The summed E-state index contributed by atoms with van der Waals surface area (Å²) < 4.78 is 38.5. The lowest BCUT2D eigenvalue weighted by Crippen LogP contribution is -2.42. The van der Waals surface area contributed by atoms with Crippen LogP contribution >= 0.6 is 0 Å². The van der Waals surface area contributed by atoms with Gasteiger partial charge < -0.3 is 10.0 Å². The van der Waals surface area contributed by atoms with Crippen LogP contribution in [0.5, 0.6) is 0 Å². The zero-order chi connectivity index (χ0) is 16.3. The van der Waals surface area contributed by atoms with Gasteiger partial charge in [-0.25, -0.2) is 0 Å². The molecular formula is C14H16F3NO3. The molecule has 0 aromatic heterocycles. The molecule has 0 aliphatic rings. The van der Waals surface area contributed by atoms with Crippen molar-refractivity contribution in [3.8, 4) is 0 Å². The largest absolute Gasteiger partial charge is 0.480 e. The number of carbonyl (C=O) groups excluding carboxylic acids is 1. The first-order chi connectivity index (χ1) is 9.54. The Morgan fingerprint density at radius 3 is 2.10 bits per heavy atom. The number of rotatable bonds is 5. The minimum Gasteiger partial charge on any atom is -0.480 e. The van der Waals surface area contributed by atoms with Crippen LogP contribution in [0.15, 0.2) is 30.3 Å². The van der Waals surface area contributed by atoms with Crippen LogP contribution in [-0.4, -0.2) is 29.7 Å². The van der Waals surface area contributed by atoms with Crippen molar-refractivity contribution >= 4 is 17.6 Å². The minimum atomic E-state index is -4.55. The van der Waals surface area contributed by atoms with Gasteiger partial charge in [-0.15, -0.1) is 0 Å². The van der Waals surface area contributed by atoms with E-state index in [0.717, 1.165) is 18.7 Å². The highest BCUT2D eigenvalue weighted by Crippen LogP contribution is 2.40. The van der Waals surface area contributed by atoms with E-state index in [9.17, 15) is 22.8 Å². The van der Waals surface area contributed by atoms with E-state index in [1.165, 1.54) is 12.1 Å². The molecule has 1 rings (SSSR count). The standard InChI is InChI=1S/C14H16F3NO3/c1-13(2,14(15,16)17)8-11(19)18(9-12(20)21)10-6-4-3-5-7-10/h3-7H,8-9H2,1-2H3,(H,20,21). The third-order valence-electron chi connectivity index (χ3n) is 3.02. The molecule has 0 heterocycles. The van der Waals surface area contributed by atoms with Crippen LogP contribution in [0, 0.1) is 5.41 Å². The van der Waals surface area contributed by atoms with Crippen molar-refractivity contribution in [2.45, 2.75) is 26.4 Å². The lowest BCUT2D eigenvalue weighted by molar-refractivity contribution is -0.213. The monoisotopic (exact) mass is 303 g/mol. The maximum absolute atomic E-state index is 12.8. The Labute approximate surface area is 120 Å². The van der Waals surface area contributed by atoms with Crippen molar-refractivity contribution in [2.75, 3.05) is 11.4 Å². The number of para-hydroxylation sites is 1. The van der Waals surface area contributed by atoms with Crippen molar-refractivity contribution < 1.29 is 27.9 Å². The molecule has 116 valence electrons. The lowest BCUT2D eigenvalue weighted by atomic mass is 9.88. The maximum Gasteiger partial charge on any atom is 0.394 e. The van der Waals surface area contributed by atoms with Gasteiger partial charge in [0, 0.05) is 12.1 Å². The summed E-state index contributed by atoms with van der Waals surface area (Å²) in [5, 5.41) is 8.84. The normalized spacial score (nSPS) is 12.0. The second kappa shape index (κ2) is 6.15. The number of nitrogens with zero attached hydrogens (tertiary/aromatic N) is 1. The number of hydrogen-bond donors (Lipinski definition) is 1. The molecule has 0 radical (unpaired) electrons. The average molecular weight is 303 g/mol. The molecule has 0 saturated carbocycles. The summed E-state index contributed by atoms with van der Waals surface area (Å²) in [4.78, 5) is 23.8. The van der Waals surface area contributed by atoms with E-state index in [2.05, 4.69) is 0 Å². The van der Waals surface area contributed by atoms with Gasteiger partial charge in [-0.3, -0.25) is 9.59 Å². The number of aliphatic carboxylic acids is 1. The molecule has 4 nitrogen and oxygen atoms in total. The fourth-order valence-corrected chi connectivity index (χ4v) is 1.64. The van der Waals surface area contributed by atoms with Gasteiger partial charge in [0.25, 0.3) is 0 Å². The number of hydrogen-bond acceptors (Lipinski definition) is 2. The number of carboxylic acid groups (broad SMARTS) is 1. The molecule has 0 aliphatic carbocycles. The number of alkyl halides is 3. The highest BCUT2D eigenvalue weighted by Gasteiger charge is 2.49. The molecule has 0 fully saturated rings. The van der Waals surface area contributed by atoms with Gasteiger partial charge >= 0.3 is 12.1 Å². The molecule has 1 aromatic rings. The second-order valence-electron chi connectivity index (χ2n) is 5.27. The van der Waals surface area contributed by atoms with Crippen molar-refractivity contribution in [3.63, 3.8) is 0 Å². The maximum atomic E-state index is 12.8. The molecule has 0 aliphatic heterocycles. The van der Waals surface area contributed by atoms with Crippen LogP contribution < -0.4 is 4.90 Å². The predicted molar refractivity (Wildman–Crippen MR) is 70.9 cm³/mol. The fourth-order valence-electron chi connectivity index (χ4n) is 1.64. The first kappa shape index (κ1) is 17.0. The van der Waals surface area contributed by atoms with Crippen LogP contribution in [0.3, 0.4) is 0 Å². The van der Waals surface area contributed by atoms with E-state index in [0.29, 0.717) is 0 Å². The topological polar surface area (TPSA) is 57.6 Å². The van der Waals surface area contributed by atoms with Crippen molar-refractivity contribution in [1.82, 2.24) is 0 Å². The van der Waals surface area contributed by atoms with Crippen LogP contribution in [0.1, 0.15) is 20.3 Å². The summed E-state index contributed by atoms with van der Waals surface area (Å²) in [6.07, 6.45) is -5.37. The SMILES string of the molecule is CC(C)(CC(=O)N(CC(=O)O)c1ccccc1)C(F)(F)F. The van der Waals surface area contributed by atoms with E-state index in [1.807, 2.05) is 0 Å². The molecule has 0 atom stereocenters. The highest BCUT2D eigenvalue weighted by molar-refractivity contribution is 5.97. The Balaban J connectivity index is 3.00. The second-order valence-corrected chi connectivity index (χ2v) is 5.27. The van der Waals surface area contributed by atoms with E-state index < -0.39 is 36.4 Å². The van der Waals surface area contributed by atoms with E-state index in [1.54, 1.807) is 18.2 Å². The van der Waals surface area contributed by atoms with Gasteiger partial charge in [-0.05, 0) is 12.1 Å². The Hall–Kier alpha value is -2.05. The van der Waals surface area contributed by atoms with Crippen LogP contribution in [0.2, 0.25) is 0 Å². The highest BCUT2D eigenvalue weighted by atomic mass is 19.4. The summed E-state index contributed by atoms with van der Waals surface area (Å²) in [5.74, 6) is -2.18. The quantitative estimate of drug-likeness (QED) is 0.909. The Kier molecular flexibility index (Phi) is 4.98. The molecule has 1 aromatic carbocycles. The number of amides is 1. The Bertz CT molecular complexity index is 512. The molecular weight excluding hydrogens is 287 g/mol. The van der Waals surface area contributed by atoms with Gasteiger partial charge in [0.1, 0.15) is 6.54 Å². The summed E-state index contributed by atoms with van der Waals surface area (Å²) in [6.45, 7) is 1.14. The summed E-state index contributed by atoms with van der Waals surface area (Å²) in [7, 11) is 0.